The molecular formula is C17H21N5O3S. The molecule has 0 unspecified atom stereocenters. The zero-order valence-electron chi connectivity index (χ0n) is 14.5. The van der Waals surface area contributed by atoms with Crippen molar-refractivity contribution in [3.05, 3.63) is 42.0 Å². The van der Waals surface area contributed by atoms with Crippen LogP contribution in [-0.2, 0) is 14.3 Å². The fourth-order valence-electron chi connectivity index (χ4n) is 2.24. The number of ether oxygens (including phenoxy) is 1. The Morgan fingerprint density at radius 1 is 1.19 bits per heavy atom. The highest BCUT2D eigenvalue weighted by Crippen LogP contribution is 2.25. The van der Waals surface area contributed by atoms with Gasteiger partial charge in [0.1, 0.15) is 11.6 Å². The third-order valence-corrected chi connectivity index (χ3v) is 4.74. The van der Waals surface area contributed by atoms with Crippen LogP contribution in [0.5, 0.6) is 0 Å². The Labute approximate surface area is 155 Å². The van der Waals surface area contributed by atoms with Gasteiger partial charge in [0.2, 0.25) is 5.91 Å². The number of rotatable bonds is 7. The summed E-state index contributed by atoms with van der Waals surface area (Å²) >= 11 is 1.14. The minimum Gasteiger partial charge on any atom is -0.467 e. The number of amides is 1. The van der Waals surface area contributed by atoms with Gasteiger partial charge in [-0.05, 0) is 12.0 Å². The number of esters is 1. The maximum absolute atomic E-state index is 12.7. The Hall–Kier alpha value is -2.81. The summed E-state index contributed by atoms with van der Waals surface area (Å²) in [6.07, 6.45) is 0.497. The summed E-state index contributed by atoms with van der Waals surface area (Å²) in [6.45, 7) is 1.85. The molecule has 1 aromatic heterocycles. The molecule has 0 radical (unpaired) electrons. The molecule has 138 valence electrons. The largest absolute Gasteiger partial charge is 0.467 e. The smallest absolute Gasteiger partial charge is 0.333 e. The fourth-order valence-corrected chi connectivity index (χ4v) is 3.15. The maximum atomic E-state index is 12.7. The van der Waals surface area contributed by atoms with E-state index in [1.807, 2.05) is 13.0 Å². The summed E-state index contributed by atoms with van der Waals surface area (Å²) in [5, 5.41) is 2.52. The minimum atomic E-state index is -0.893. The van der Waals surface area contributed by atoms with Crippen LogP contribution in [-0.4, -0.2) is 34.2 Å². The molecule has 1 aromatic carbocycles. The first-order chi connectivity index (χ1) is 12.4. The summed E-state index contributed by atoms with van der Waals surface area (Å²) in [5.41, 5.74) is 12.0. The highest BCUT2D eigenvalue weighted by atomic mass is 32.2. The lowest BCUT2D eigenvalue weighted by Crippen LogP contribution is -2.39. The molecule has 0 saturated heterocycles. The molecule has 0 aliphatic heterocycles. The van der Waals surface area contributed by atoms with Gasteiger partial charge in [-0.25, -0.2) is 14.8 Å². The van der Waals surface area contributed by atoms with Crippen LogP contribution in [0.25, 0.3) is 0 Å². The Balaban J connectivity index is 2.16. The van der Waals surface area contributed by atoms with Crippen LogP contribution in [0.1, 0.15) is 24.9 Å². The number of benzene rings is 1. The van der Waals surface area contributed by atoms with E-state index in [0.717, 1.165) is 11.8 Å². The number of nitrogens with one attached hydrogen (secondary N) is 1. The number of thioether (sulfide) groups is 1. The molecule has 26 heavy (non-hydrogen) atoms. The lowest BCUT2D eigenvalue weighted by atomic mass is 10.1. The van der Waals surface area contributed by atoms with Crippen molar-refractivity contribution < 1.29 is 14.3 Å². The second kappa shape index (κ2) is 9.04. The standard InChI is InChI=1S/C17H21N5O3S/c1-3-11(26-17-20-12(18)9-13(19)21-17)15(23)22-14(16(24)25-2)10-7-5-4-6-8-10/h4-9,11,14H,3H2,1-2H3,(H,22,23)(H4,18,19,20,21)/t11-,14+/m0/s1. The molecule has 9 heteroatoms. The fraction of sp³-hybridized carbons (Fsp3) is 0.294. The Morgan fingerprint density at radius 2 is 1.81 bits per heavy atom. The van der Waals surface area contributed by atoms with E-state index in [1.165, 1.54) is 13.2 Å². The van der Waals surface area contributed by atoms with E-state index in [4.69, 9.17) is 16.2 Å². The van der Waals surface area contributed by atoms with E-state index >= 15 is 0 Å². The number of hydrogen-bond donors (Lipinski definition) is 3. The van der Waals surface area contributed by atoms with Gasteiger partial charge >= 0.3 is 5.97 Å². The second-order valence-corrected chi connectivity index (χ2v) is 6.56. The molecule has 2 rings (SSSR count). The van der Waals surface area contributed by atoms with Crippen molar-refractivity contribution in [2.24, 2.45) is 0 Å². The number of nitrogen functional groups attached to an aromatic ring is 2. The summed E-state index contributed by atoms with van der Waals surface area (Å²) in [7, 11) is 1.28. The van der Waals surface area contributed by atoms with Gasteiger partial charge in [0.05, 0.1) is 12.4 Å². The van der Waals surface area contributed by atoms with E-state index in [9.17, 15) is 9.59 Å². The highest BCUT2D eigenvalue weighted by molar-refractivity contribution is 8.00. The molecule has 0 spiro atoms. The van der Waals surface area contributed by atoms with E-state index in [-0.39, 0.29) is 17.5 Å². The van der Waals surface area contributed by atoms with Crippen LogP contribution in [0.3, 0.4) is 0 Å². The third-order valence-electron chi connectivity index (χ3n) is 3.51. The highest BCUT2D eigenvalue weighted by Gasteiger charge is 2.28. The van der Waals surface area contributed by atoms with Crippen LogP contribution in [0.15, 0.2) is 41.6 Å². The predicted molar refractivity (Wildman–Crippen MR) is 100 cm³/mol. The van der Waals surface area contributed by atoms with Crippen molar-refractivity contribution in [1.29, 1.82) is 0 Å². The van der Waals surface area contributed by atoms with E-state index in [1.54, 1.807) is 24.3 Å². The quantitative estimate of drug-likeness (QED) is 0.377. The number of nitrogens with two attached hydrogens (primary N) is 2. The molecule has 5 N–H and O–H groups in total. The number of carbonyl (C=O) groups is 2. The Kier molecular flexibility index (Phi) is 6.79. The van der Waals surface area contributed by atoms with E-state index in [2.05, 4.69) is 15.3 Å². The van der Waals surface area contributed by atoms with Crippen molar-refractivity contribution in [2.75, 3.05) is 18.6 Å². The molecule has 2 atom stereocenters. The van der Waals surface area contributed by atoms with Gasteiger partial charge < -0.3 is 21.5 Å². The topological polar surface area (TPSA) is 133 Å². The third kappa shape index (κ3) is 5.09. The Bertz CT molecular complexity index is 752. The molecule has 0 bridgehead atoms. The van der Waals surface area contributed by atoms with Crippen LogP contribution in [0, 0.1) is 0 Å². The lowest BCUT2D eigenvalue weighted by molar-refractivity contribution is -0.145. The first-order valence-electron chi connectivity index (χ1n) is 7.94. The van der Waals surface area contributed by atoms with Crippen molar-refractivity contribution in [3.8, 4) is 0 Å². The van der Waals surface area contributed by atoms with Gasteiger partial charge in [-0.3, -0.25) is 4.79 Å². The molecule has 0 aliphatic rings. The summed E-state index contributed by atoms with van der Waals surface area (Å²) in [5.74, 6) is -0.422. The number of anilines is 2. The van der Waals surface area contributed by atoms with Crippen LogP contribution >= 0.6 is 11.8 Å². The number of hydrogen-bond acceptors (Lipinski definition) is 8. The molecule has 1 heterocycles. The number of aromatic nitrogens is 2. The van der Waals surface area contributed by atoms with Crippen LogP contribution < -0.4 is 16.8 Å². The molecule has 2 aromatic rings. The van der Waals surface area contributed by atoms with Gasteiger partial charge in [-0.15, -0.1) is 0 Å². The normalized spacial score (nSPS) is 12.8. The summed E-state index contributed by atoms with van der Waals surface area (Å²) in [4.78, 5) is 32.9. The maximum Gasteiger partial charge on any atom is 0.333 e. The molecule has 8 nitrogen and oxygen atoms in total. The van der Waals surface area contributed by atoms with Crippen molar-refractivity contribution in [3.63, 3.8) is 0 Å². The average molecular weight is 375 g/mol. The predicted octanol–water partition coefficient (Wildman–Crippen LogP) is 1.54. The van der Waals surface area contributed by atoms with Crippen LogP contribution in [0.4, 0.5) is 11.6 Å². The van der Waals surface area contributed by atoms with Gasteiger partial charge in [0.15, 0.2) is 11.2 Å². The number of carbonyl (C=O) groups excluding carboxylic acids is 2. The first kappa shape index (κ1) is 19.5. The average Bonchev–Trinajstić information content (AvgIpc) is 2.63. The van der Waals surface area contributed by atoms with Gasteiger partial charge in [0.25, 0.3) is 0 Å². The molecule has 1 amide bonds. The SMILES string of the molecule is CC[C@H](Sc1nc(N)cc(N)n1)C(=O)N[C@@H](C(=O)OC)c1ccccc1. The minimum absolute atomic E-state index is 0.229. The summed E-state index contributed by atoms with van der Waals surface area (Å²) < 4.78 is 4.81. The monoisotopic (exact) mass is 375 g/mol. The van der Waals surface area contributed by atoms with E-state index in [0.29, 0.717) is 17.1 Å². The van der Waals surface area contributed by atoms with Gasteiger partial charge in [-0.2, -0.15) is 0 Å². The van der Waals surface area contributed by atoms with Crippen molar-refractivity contribution in [1.82, 2.24) is 15.3 Å². The molecule has 0 aliphatic carbocycles. The Morgan fingerprint density at radius 3 is 2.35 bits per heavy atom. The van der Waals surface area contributed by atoms with Crippen LogP contribution in [0.2, 0.25) is 0 Å². The van der Waals surface area contributed by atoms with Crippen molar-refractivity contribution in [2.45, 2.75) is 29.8 Å². The zero-order valence-corrected chi connectivity index (χ0v) is 15.3. The first-order valence-corrected chi connectivity index (χ1v) is 8.82. The molecular weight excluding hydrogens is 354 g/mol. The molecule has 0 fully saturated rings. The van der Waals surface area contributed by atoms with Gasteiger partial charge in [-0.1, -0.05) is 49.0 Å². The number of nitrogens with zero attached hydrogens (tertiary/aromatic N) is 2. The lowest BCUT2D eigenvalue weighted by Gasteiger charge is -2.20. The summed E-state index contributed by atoms with van der Waals surface area (Å²) in [6, 6.07) is 9.43. The second-order valence-electron chi connectivity index (χ2n) is 5.39. The van der Waals surface area contributed by atoms with Gasteiger partial charge in [0, 0.05) is 6.07 Å². The molecule has 0 saturated carbocycles. The number of methoxy groups -OCH3 is 1. The van der Waals surface area contributed by atoms with E-state index < -0.39 is 17.3 Å². The zero-order chi connectivity index (χ0) is 19.1. The van der Waals surface area contributed by atoms with Crippen molar-refractivity contribution >= 4 is 35.3 Å².